The van der Waals surface area contributed by atoms with Gasteiger partial charge in [-0.25, -0.2) is 0 Å². The first-order chi connectivity index (χ1) is 11.8. The molecule has 0 saturated carbocycles. The number of nitrogens with zero attached hydrogens (tertiary/aromatic N) is 1. The van der Waals surface area contributed by atoms with Gasteiger partial charge in [0, 0.05) is 17.1 Å². The zero-order valence-electron chi connectivity index (χ0n) is 14.4. The third-order valence-corrected chi connectivity index (χ3v) is 4.52. The molecule has 2 aromatic rings. The quantitative estimate of drug-likeness (QED) is 0.860. The van der Waals surface area contributed by atoms with E-state index in [0.717, 1.165) is 11.1 Å². The number of hydrogen-bond acceptors (Lipinski definition) is 3. The van der Waals surface area contributed by atoms with E-state index in [-0.39, 0.29) is 29.5 Å². The average molecular weight is 358 g/mol. The van der Waals surface area contributed by atoms with Gasteiger partial charge in [-0.2, -0.15) is 5.26 Å². The van der Waals surface area contributed by atoms with Crippen molar-refractivity contribution in [1.82, 2.24) is 10.3 Å². The Balaban J connectivity index is 2.04. The number of hydrogen-bond donors (Lipinski definition) is 2. The van der Waals surface area contributed by atoms with Crippen molar-refractivity contribution in [3.05, 3.63) is 67.6 Å². The van der Waals surface area contributed by atoms with Gasteiger partial charge in [0.1, 0.15) is 11.6 Å². The standard InChI is InChI=1S/C19H20ClN3O2/c1-11-16(13(3)23-19(25)17(11)10-21)8-9-18(24)22-12(2)14-4-6-15(20)7-5-14/h4-7,12H,8-9H2,1-3H3,(H,22,24)(H,23,25)/t12-/m0/s1. The Morgan fingerprint density at radius 3 is 2.56 bits per heavy atom. The van der Waals surface area contributed by atoms with Crippen LogP contribution in [0.25, 0.3) is 0 Å². The zero-order valence-corrected chi connectivity index (χ0v) is 15.2. The van der Waals surface area contributed by atoms with Crippen molar-refractivity contribution in [3.63, 3.8) is 0 Å². The van der Waals surface area contributed by atoms with E-state index in [9.17, 15) is 9.59 Å². The number of benzene rings is 1. The Bertz CT molecular complexity index is 879. The van der Waals surface area contributed by atoms with E-state index in [1.54, 1.807) is 26.0 Å². The summed E-state index contributed by atoms with van der Waals surface area (Å²) in [5, 5.41) is 12.7. The summed E-state index contributed by atoms with van der Waals surface area (Å²) in [6.45, 7) is 5.43. The number of H-pyrrole nitrogens is 1. The number of nitrogens with one attached hydrogen (secondary N) is 2. The van der Waals surface area contributed by atoms with Crippen molar-refractivity contribution in [3.8, 4) is 6.07 Å². The van der Waals surface area contributed by atoms with Gasteiger partial charge in [-0.05, 0) is 56.0 Å². The molecule has 0 bridgehead atoms. The van der Waals surface area contributed by atoms with Gasteiger partial charge in [0.05, 0.1) is 6.04 Å². The molecule has 6 heteroatoms. The number of amides is 1. The summed E-state index contributed by atoms with van der Waals surface area (Å²) in [4.78, 5) is 26.7. The minimum Gasteiger partial charge on any atom is -0.350 e. The van der Waals surface area contributed by atoms with Crippen LogP contribution in [0.1, 0.15) is 47.3 Å². The SMILES string of the molecule is Cc1[nH]c(=O)c(C#N)c(C)c1CCC(=O)N[C@@H](C)c1ccc(Cl)cc1. The van der Waals surface area contributed by atoms with Crippen LogP contribution in [0.15, 0.2) is 29.1 Å². The molecular formula is C19H20ClN3O2. The van der Waals surface area contributed by atoms with Crippen LogP contribution in [0.5, 0.6) is 0 Å². The number of pyridine rings is 1. The molecule has 1 aromatic carbocycles. The van der Waals surface area contributed by atoms with Crippen LogP contribution in [0, 0.1) is 25.2 Å². The van der Waals surface area contributed by atoms with Gasteiger partial charge < -0.3 is 10.3 Å². The highest BCUT2D eigenvalue weighted by Gasteiger charge is 2.14. The van der Waals surface area contributed by atoms with Gasteiger partial charge in [-0.3, -0.25) is 9.59 Å². The summed E-state index contributed by atoms with van der Waals surface area (Å²) in [5.74, 6) is -0.0917. The molecule has 2 rings (SSSR count). The summed E-state index contributed by atoms with van der Waals surface area (Å²) in [6.07, 6.45) is 0.735. The van der Waals surface area contributed by atoms with Gasteiger partial charge >= 0.3 is 0 Å². The summed E-state index contributed by atoms with van der Waals surface area (Å²) >= 11 is 5.87. The molecule has 0 fully saturated rings. The molecular weight excluding hydrogens is 338 g/mol. The molecule has 1 heterocycles. The minimum absolute atomic E-state index is 0.0917. The first kappa shape index (κ1) is 18.8. The van der Waals surface area contributed by atoms with Crippen molar-refractivity contribution < 1.29 is 4.79 Å². The number of halogens is 1. The molecule has 1 atom stereocenters. The topological polar surface area (TPSA) is 85.8 Å². The molecule has 5 nitrogen and oxygen atoms in total. The first-order valence-corrected chi connectivity index (χ1v) is 8.38. The van der Waals surface area contributed by atoms with Crippen LogP contribution < -0.4 is 10.9 Å². The van der Waals surface area contributed by atoms with Gasteiger partial charge in [-0.1, -0.05) is 23.7 Å². The van der Waals surface area contributed by atoms with Gasteiger partial charge in [-0.15, -0.1) is 0 Å². The summed E-state index contributed by atoms with van der Waals surface area (Å²) < 4.78 is 0. The average Bonchev–Trinajstić information content (AvgIpc) is 2.55. The third kappa shape index (κ3) is 4.49. The van der Waals surface area contributed by atoms with Crippen molar-refractivity contribution in [2.24, 2.45) is 0 Å². The molecule has 130 valence electrons. The molecule has 0 aliphatic heterocycles. The van der Waals surface area contributed by atoms with E-state index in [2.05, 4.69) is 10.3 Å². The van der Waals surface area contributed by atoms with Gasteiger partial charge in [0.25, 0.3) is 5.56 Å². The van der Waals surface area contributed by atoms with Gasteiger partial charge in [0.2, 0.25) is 5.91 Å². The maximum atomic E-state index is 12.2. The fourth-order valence-electron chi connectivity index (χ4n) is 2.81. The first-order valence-electron chi connectivity index (χ1n) is 8.00. The molecule has 2 N–H and O–H groups in total. The fraction of sp³-hybridized carbons (Fsp3) is 0.316. The molecule has 0 unspecified atom stereocenters. The maximum absolute atomic E-state index is 12.2. The largest absolute Gasteiger partial charge is 0.350 e. The van der Waals surface area contributed by atoms with Crippen LogP contribution in [0.3, 0.4) is 0 Å². The van der Waals surface area contributed by atoms with Crippen LogP contribution in [0.2, 0.25) is 5.02 Å². The molecule has 0 radical (unpaired) electrons. The Hall–Kier alpha value is -2.58. The molecule has 0 aliphatic rings. The second kappa shape index (κ2) is 8.00. The second-order valence-corrected chi connectivity index (χ2v) is 6.45. The Morgan fingerprint density at radius 2 is 1.96 bits per heavy atom. The van der Waals surface area contributed by atoms with Crippen LogP contribution in [-0.4, -0.2) is 10.9 Å². The van der Waals surface area contributed by atoms with E-state index in [1.165, 1.54) is 0 Å². The Kier molecular flexibility index (Phi) is 6.00. The highest BCUT2D eigenvalue weighted by atomic mass is 35.5. The molecule has 1 amide bonds. The highest BCUT2D eigenvalue weighted by molar-refractivity contribution is 6.30. The van der Waals surface area contributed by atoms with E-state index in [4.69, 9.17) is 16.9 Å². The number of carbonyl (C=O) groups excluding carboxylic acids is 1. The maximum Gasteiger partial charge on any atom is 0.266 e. The van der Waals surface area contributed by atoms with Crippen molar-refractivity contribution >= 4 is 17.5 Å². The van der Waals surface area contributed by atoms with Crippen LogP contribution in [0.4, 0.5) is 0 Å². The van der Waals surface area contributed by atoms with E-state index in [0.29, 0.717) is 22.7 Å². The summed E-state index contributed by atoms with van der Waals surface area (Å²) in [6, 6.07) is 9.13. The second-order valence-electron chi connectivity index (χ2n) is 6.01. The predicted octanol–water partition coefficient (Wildman–Crippen LogP) is 3.33. The number of rotatable bonds is 5. The molecule has 0 spiro atoms. The van der Waals surface area contributed by atoms with Crippen molar-refractivity contribution in [1.29, 1.82) is 5.26 Å². The van der Waals surface area contributed by atoms with Crippen LogP contribution >= 0.6 is 11.6 Å². The number of aromatic amines is 1. The smallest absolute Gasteiger partial charge is 0.266 e. The number of aryl methyl sites for hydroxylation is 1. The van der Waals surface area contributed by atoms with Crippen molar-refractivity contribution in [2.45, 2.75) is 39.7 Å². The Labute approximate surface area is 151 Å². The normalized spacial score (nSPS) is 11.6. The fourth-order valence-corrected chi connectivity index (χ4v) is 2.93. The molecule has 0 aliphatic carbocycles. The summed E-state index contributed by atoms with van der Waals surface area (Å²) in [5.41, 5.74) is 2.87. The van der Waals surface area contributed by atoms with Crippen LogP contribution in [-0.2, 0) is 11.2 Å². The third-order valence-electron chi connectivity index (χ3n) is 4.27. The number of nitriles is 1. The predicted molar refractivity (Wildman–Crippen MR) is 97.6 cm³/mol. The zero-order chi connectivity index (χ0) is 18.6. The number of aromatic nitrogens is 1. The van der Waals surface area contributed by atoms with E-state index < -0.39 is 0 Å². The van der Waals surface area contributed by atoms with Gasteiger partial charge in [0.15, 0.2) is 0 Å². The monoisotopic (exact) mass is 357 g/mol. The molecule has 1 aromatic heterocycles. The Morgan fingerprint density at radius 1 is 1.32 bits per heavy atom. The summed E-state index contributed by atoms with van der Waals surface area (Å²) in [7, 11) is 0. The van der Waals surface area contributed by atoms with E-state index >= 15 is 0 Å². The lowest BCUT2D eigenvalue weighted by Crippen LogP contribution is -2.27. The van der Waals surface area contributed by atoms with Crippen molar-refractivity contribution in [2.75, 3.05) is 0 Å². The lowest BCUT2D eigenvalue weighted by Gasteiger charge is -2.15. The lowest BCUT2D eigenvalue weighted by molar-refractivity contribution is -0.121. The molecule has 25 heavy (non-hydrogen) atoms. The highest BCUT2D eigenvalue weighted by Crippen LogP contribution is 2.17. The van der Waals surface area contributed by atoms with E-state index in [1.807, 2.05) is 25.1 Å². The molecule has 0 saturated heterocycles. The lowest BCUT2D eigenvalue weighted by atomic mass is 9.99. The number of carbonyl (C=O) groups is 1. The minimum atomic E-state index is -0.387.